The lowest BCUT2D eigenvalue weighted by Crippen LogP contribution is -2.36. The van der Waals surface area contributed by atoms with E-state index < -0.39 is 5.82 Å². The number of hydrogen-bond acceptors (Lipinski definition) is 7. The van der Waals surface area contributed by atoms with Crippen LogP contribution in [0.2, 0.25) is 0 Å². The van der Waals surface area contributed by atoms with E-state index in [1.807, 2.05) is 28.0 Å². The predicted molar refractivity (Wildman–Crippen MR) is 114 cm³/mol. The van der Waals surface area contributed by atoms with Crippen LogP contribution in [-0.4, -0.2) is 68.5 Å². The topological polar surface area (TPSA) is 73.4 Å². The summed E-state index contributed by atoms with van der Waals surface area (Å²) in [5.74, 6) is 0.959. The van der Waals surface area contributed by atoms with Gasteiger partial charge in [-0.15, -0.1) is 0 Å². The van der Waals surface area contributed by atoms with E-state index in [9.17, 15) is 9.18 Å². The highest BCUT2D eigenvalue weighted by Gasteiger charge is 2.34. The molecule has 0 N–H and O–H groups in total. The lowest BCUT2D eigenvalue weighted by molar-refractivity contribution is -0.134. The maximum atomic E-state index is 14.2. The zero-order valence-corrected chi connectivity index (χ0v) is 18.0. The minimum atomic E-state index is -0.520. The highest BCUT2D eigenvalue weighted by Crippen LogP contribution is 2.40. The van der Waals surface area contributed by atoms with E-state index in [0.29, 0.717) is 56.6 Å². The summed E-state index contributed by atoms with van der Waals surface area (Å²) < 4.78 is 36.5. The van der Waals surface area contributed by atoms with Crippen LogP contribution in [0.15, 0.2) is 30.5 Å². The van der Waals surface area contributed by atoms with Crippen molar-refractivity contribution in [1.29, 1.82) is 0 Å². The van der Waals surface area contributed by atoms with Crippen molar-refractivity contribution in [2.75, 3.05) is 51.5 Å². The number of carbonyl (C=O) groups is 1. The van der Waals surface area contributed by atoms with E-state index in [-0.39, 0.29) is 23.8 Å². The fraction of sp³-hybridized carbons (Fsp3) is 0.478. The number of fused-ring (bicyclic) bond motifs is 1. The molecule has 170 valence electrons. The number of benzene rings is 1. The summed E-state index contributed by atoms with van der Waals surface area (Å²) in [5.41, 5.74) is 1.40. The molecule has 0 bridgehead atoms. The van der Waals surface area contributed by atoms with E-state index in [0.717, 1.165) is 18.5 Å². The van der Waals surface area contributed by atoms with E-state index in [1.165, 1.54) is 13.2 Å². The molecule has 2 atom stereocenters. The number of nitrogens with zero attached hydrogens (tertiary/aromatic N) is 3. The highest BCUT2D eigenvalue weighted by atomic mass is 19.1. The maximum absolute atomic E-state index is 14.2. The second-order valence-electron chi connectivity index (χ2n) is 8.19. The van der Waals surface area contributed by atoms with Crippen LogP contribution >= 0.6 is 0 Å². The lowest BCUT2D eigenvalue weighted by atomic mass is 10.1. The van der Waals surface area contributed by atoms with Crippen molar-refractivity contribution in [2.45, 2.75) is 18.9 Å². The first-order valence-corrected chi connectivity index (χ1v) is 10.9. The summed E-state index contributed by atoms with van der Waals surface area (Å²) in [5, 5.41) is 0. The molecule has 9 heteroatoms. The summed E-state index contributed by atoms with van der Waals surface area (Å²) in [6.45, 7) is 3.47. The number of rotatable bonds is 5. The van der Waals surface area contributed by atoms with Crippen molar-refractivity contribution in [3.05, 3.63) is 36.3 Å². The Balaban J connectivity index is 1.30. The van der Waals surface area contributed by atoms with Gasteiger partial charge in [0.25, 0.3) is 0 Å². The molecule has 3 aliphatic heterocycles. The van der Waals surface area contributed by atoms with Crippen LogP contribution in [-0.2, 0) is 9.53 Å². The molecule has 1 aromatic carbocycles. The van der Waals surface area contributed by atoms with Gasteiger partial charge in [0.15, 0.2) is 5.82 Å². The van der Waals surface area contributed by atoms with Gasteiger partial charge in [-0.25, -0.2) is 9.37 Å². The molecule has 2 unspecified atom stereocenters. The van der Waals surface area contributed by atoms with Crippen LogP contribution in [0.4, 0.5) is 15.8 Å². The molecule has 0 spiro atoms. The molecule has 8 nitrogen and oxygen atoms in total. The first kappa shape index (κ1) is 20.8. The molecule has 1 aromatic heterocycles. The first-order chi connectivity index (χ1) is 15.6. The second kappa shape index (κ2) is 8.82. The third-order valence-corrected chi connectivity index (χ3v) is 6.13. The largest absolute Gasteiger partial charge is 0.490 e. The standard InChI is InChI=1S/C23H26FN3O5/c1-29-22-19(24)10-16(12-25-22)27-7-9-31-21-3-2-17(11-20(21)27)32-18-4-6-26(13-18)23(28)15-5-8-30-14-15/h2-3,10-12,15,18H,4-9,13-14H2,1H3. The summed E-state index contributed by atoms with van der Waals surface area (Å²) in [6.07, 6.45) is 3.09. The van der Waals surface area contributed by atoms with Crippen molar-refractivity contribution >= 4 is 17.3 Å². The van der Waals surface area contributed by atoms with Crippen LogP contribution in [0.1, 0.15) is 12.8 Å². The molecule has 0 saturated carbocycles. The Morgan fingerprint density at radius 3 is 2.91 bits per heavy atom. The molecule has 2 fully saturated rings. The van der Waals surface area contributed by atoms with Crippen molar-refractivity contribution in [1.82, 2.24) is 9.88 Å². The molecule has 32 heavy (non-hydrogen) atoms. The normalized spacial score (nSPS) is 22.4. The average Bonchev–Trinajstić information content (AvgIpc) is 3.51. The third kappa shape index (κ3) is 4.04. The van der Waals surface area contributed by atoms with Gasteiger partial charge in [-0.3, -0.25) is 4.79 Å². The SMILES string of the molecule is COc1ncc(N2CCOc3ccc(OC4CCN(C(=O)C5CCOC5)C4)cc32)cc1F. The quantitative estimate of drug-likeness (QED) is 0.704. The van der Waals surface area contributed by atoms with Crippen LogP contribution in [0.3, 0.4) is 0 Å². The molecular weight excluding hydrogens is 417 g/mol. The number of methoxy groups -OCH3 is 1. The Bertz CT molecular complexity index is 998. The highest BCUT2D eigenvalue weighted by molar-refractivity contribution is 5.79. The van der Waals surface area contributed by atoms with Gasteiger partial charge >= 0.3 is 0 Å². The van der Waals surface area contributed by atoms with E-state index in [2.05, 4.69) is 4.98 Å². The minimum Gasteiger partial charge on any atom is -0.490 e. The monoisotopic (exact) mass is 443 g/mol. The smallest absolute Gasteiger partial charge is 0.250 e. The second-order valence-corrected chi connectivity index (χ2v) is 8.19. The Labute approximate surface area is 185 Å². The van der Waals surface area contributed by atoms with E-state index >= 15 is 0 Å². The summed E-state index contributed by atoms with van der Waals surface area (Å²) in [7, 11) is 1.39. The number of likely N-dealkylation sites (tertiary alicyclic amines) is 1. The molecule has 4 heterocycles. The Hall–Kier alpha value is -3.07. The molecule has 0 radical (unpaired) electrons. The Morgan fingerprint density at radius 2 is 2.12 bits per heavy atom. The number of amides is 1. The van der Waals surface area contributed by atoms with E-state index in [4.69, 9.17) is 18.9 Å². The van der Waals surface area contributed by atoms with Gasteiger partial charge in [0, 0.05) is 31.7 Å². The van der Waals surface area contributed by atoms with Crippen molar-refractivity contribution in [3.63, 3.8) is 0 Å². The number of carbonyl (C=O) groups excluding carboxylic acids is 1. The minimum absolute atomic E-state index is 0.0262. The molecule has 0 aliphatic carbocycles. The third-order valence-electron chi connectivity index (χ3n) is 6.13. The number of ether oxygens (including phenoxy) is 4. The Kier molecular flexibility index (Phi) is 5.73. The van der Waals surface area contributed by atoms with Gasteiger partial charge < -0.3 is 28.7 Å². The van der Waals surface area contributed by atoms with E-state index in [1.54, 1.807) is 6.20 Å². The molecule has 5 rings (SSSR count). The number of halogens is 1. The van der Waals surface area contributed by atoms with Crippen molar-refractivity contribution in [2.24, 2.45) is 5.92 Å². The number of aromatic nitrogens is 1. The molecule has 1 amide bonds. The number of pyridine rings is 1. The number of hydrogen-bond donors (Lipinski definition) is 0. The van der Waals surface area contributed by atoms with Crippen LogP contribution < -0.4 is 19.1 Å². The van der Waals surface area contributed by atoms with Crippen LogP contribution in [0, 0.1) is 11.7 Å². The predicted octanol–water partition coefficient (Wildman–Crippen LogP) is 2.78. The maximum Gasteiger partial charge on any atom is 0.250 e. The van der Waals surface area contributed by atoms with Crippen molar-refractivity contribution in [3.8, 4) is 17.4 Å². The van der Waals surface area contributed by atoms with Crippen molar-refractivity contribution < 1.29 is 28.1 Å². The zero-order chi connectivity index (χ0) is 22.1. The van der Waals surface area contributed by atoms with Gasteiger partial charge in [-0.2, -0.15) is 0 Å². The fourth-order valence-corrected chi connectivity index (χ4v) is 4.46. The fourth-order valence-electron chi connectivity index (χ4n) is 4.46. The summed E-state index contributed by atoms with van der Waals surface area (Å²) >= 11 is 0. The lowest BCUT2D eigenvalue weighted by Gasteiger charge is -2.31. The van der Waals surface area contributed by atoms with Crippen LogP contribution in [0.5, 0.6) is 17.4 Å². The first-order valence-electron chi connectivity index (χ1n) is 10.9. The van der Waals surface area contributed by atoms with Gasteiger partial charge in [0.2, 0.25) is 11.8 Å². The van der Waals surface area contributed by atoms with Gasteiger partial charge in [-0.1, -0.05) is 0 Å². The summed E-state index contributed by atoms with van der Waals surface area (Å²) in [4.78, 5) is 20.5. The molecule has 2 aromatic rings. The molecular formula is C23H26FN3O5. The van der Waals surface area contributed by atoms with Gasteiger partial charge in [-0.05, 0) is 18.6 Å². The average molecular weight is 443 g/mol. The molecule has 2 saturated heterocycles. The Morgan fingerprint density at radius 1 is 1.22 bits per heavy atom. The number of anilines is 2. The molecule has 3 aliphatic rings. The van der Waals surface area contributed by atoms with Gasteiger partial charge in [0.1, 0.15) is 24.2 Å². The summed E-state index contributed by atoms with van der Waals surface area (Å²) in [6, 6.07) is 7.02. The van der Waals surface area contributed by atoms with Gasteiger partial charge in [0.05, 0.1) is 50.3 Å². The zero-order valence-electron chi connectivity index (χ0n) is 18.0. The van der Waals surface area contributed by atoms with Crippen LogP contribution in [0.25, 0.3) is 0 Å².